The lowest BCUT2D eigenvalue weighted by Gasteiger charge is -2.22. The predicted octanol–water partition coefficient (Wildman–Crippen LogP) is 3.49. The first-order valence-electron chi connectivity index (χ1n) is 8.63. The summed E-state index contributed by atoms with van der Waals surface area (Å²) in [6.07, 6.45) is 8.64. The van der Waals surface area contributed by atoms with Crippen molar-refractivity contribution < 1.29 is 9.59 Å². The number of carbonyl (C=O) groups excluding carboxylic acids is 2. The molecule has 0 saturated heterocycles. The van der Waals surface area contributed by atoms with Gasteiger partial charge in [0, 0.05) is 17.3 Å². The van der Waals surface area contributed by atoms with E-state index in [1.165, 1.54) is 38.6 Å². The van der Waals surface area contributed by atoms with Crippen molar-refractivity contribution in [2.45, 2.75) is 45.1 Å². The number of aromatic nitrogens is 2. The van der Waals surface area contributed by atoms with Crippen molar-refractivity contribution in [3.63, 3.8) is 0 Å². The van der Waals surface area contributed by atoms with E-state index in [1.54, 1.807) is 18.2 Å². The number of nitrogens with zero attached hydrogens (tertiary/aromatic N) is 2. The summed E-state index contributed by atoms with van der Waals surface area (Å²) < 4.78 is 0. The van der Waals surface area contributed by atoms with Crippen LogP contribution in [0.15, 0.2) is 36.7 Å². The molecule has 1 aromatic heterocycles. The molecular weight excluding hydrogens is 316 g/mol. The number of benzene rings is 1. The number of Topliss-reactive ketones (excluding diaryl/α,β-unsaturated/α-hetero) is 1. The molecule has 1 aliphatic rings. The van der Waals surface area contributed by atoms with Crippen LogP contribution in [0.4, 0.5) is 11.5 Å². The number of hydrogen-bond donors (Lipinski definition) is 2. The van der Waals surface area contributed by atoms with Crippen LogP contribution in [0.5, 0.6) is 0 Å². The second kappa shape index (κ2) is 7.88. The van der Waals surface area contributed by atoms with Gasteiger partial charge in [-0.1, -0.05) is 31.4 Å². The molecule has 1 aromatic carbocycles. The van der Waals surface area contributed by atoms with Gasteiger partial charge >= 0.3 is 0 Å². The van der Waals surface area contributed by atoms with Crippen LogP contribution in [-0.2, 0) is 0 Å². The van der Waals surface area contributed by atoms with Gasteiger partial charge in [0.15, 0.2) is 5.78 Å². The summed E-state index contributed by atoms with van der Waals surface area (Å²) in [4.78, 5) is 32.1. The lowest BCUT2D eigenvalue weighted by atomic mass is 9.95. The number of ketones is 1. The van der Waals surface area contributed by atoms with Crippen LogP contribution in [-0.4, -0.2) is 27.7 Å². The molecule has 1 saturated carbocycles. The lowest BCUT2D eigenvalue weighted by Crippen LogP contribution is -2.36. The highest BCUT2D eigenvalue weighted by Gasteiger charge is 2.17. The molecule has 1 fully saturated rings. The third kappa shape index (κ3) is 4.62. The van der Waals surface area contributed by atoms with E-state index in [-0.39, 0.29) is 17.7 Å². The summed E-state index contributed by atoms with van der Waals surface area (Å²) in [6.45, 7) is 1.53. The van der Waals surface area contributed by atoms with Gasteiger partial charge in [0.25, 0.3) is 5.91 Å². The Kier molecular flexibility index (Phi) is 5.38. The molecule has 0 atom stereocenters. The van der Waals surface area contributed by atoms with Gasteiger partial charge in [0.2, 0.25) is 0 Å². The quantitative estimate of drug-likeness (QED) is 0.815. The van der Waals surface area contributed by atoms with Gasteiger partial charge in [-0.3, -0.25) is 9.59 Å². The van der Waals surface area contributed by atoms with Gasteiger partial charge in [-0.05, 0) is 31.9 Å². The van der Waals surface area contributed by atoms with Gasteiger partial charge in [-0.2, -0.15) is 0 Å². The van der Waals surface area contributed by atoms with E-state index in [0.29, 0.717) is 17.1 Å². The molecule has 0 bridgehead atoms. The van der Waals surface area contributed by atoms with Crippen molar-refractivity contribution in [3.8, 4) is 0 Å². The Hall–Kier alpha value is -2.76. The van der Waals surface area contributed by atoms with Crippen molar-refractivity contribution in [3.05, 3.63) is 47.9 Å². The van der Waals surface area contributed by atoms with Crippen LogP contribution in [0.2, 0.25) is 0 Å². The highest BCUT2D eigenvalue weighted by Crippen LogP contribution is 2.18. The molecule has 0 spiro atoms. The number of hydrogen-bond acceptors (Lipinski definition) is 5. The maximum Gasteiger partial charge on any atom is 0.271 e. The van der Waals surface area contributed by atoms with Crippen LogP contribution < -0.4 is 10.6 Å². The van der Waals surface area contributed by atoms with Gasteiger partial charge < -0.3 is 10.6 Å². The molecule has 6 heteroatoms. The molecule has 0 unspecified atom stereocenters. The average molecular weight is 338 g/mol. The Morgan fingerprint density at radius 3 is 2.56 bits per heavy atom. The topological polar surface area (TPSA) is 84.0 Å². The normalized spacial score (nSPS) is 14.8. The summed E-state index contributed by atoms with van der Waals surface area (Å²) >= 11 is 0. The smallest absolute Gasteiger partial charge is 0.271 e. The first-order chi connectivity index (χ1) is 12.1. The fraction of sp³-hybridized carbons (Fsp3) is 0.368. The van der Waals surface area contributed by atoms with Crippen molar-refractivity contribution >= 4 is 23.2 Å². The molecular formula is C19H22N4O2. The number of anilines is 2. The Balaban J connectivity index is 1.62. The zero-order valence-corrected chi connectivity index (χ0v) is 14.3. The molecule has 1 amide bonds. The van der Waals surface area contributed by atoms with Crippen LogP contribution in [0.3, 0.4) is 0 Å². The van der Waals surface area contributed by atoms with Crippen LogP contribution in [0.1, 0.15) is 59.9 Å². The molecule has 25 heavy (non-hydrogen) atoms. The van der Waals surface area contributed by atoms with E-state index < -0.39 is 0 Å². The molecule has 3 rings (SSSR count). The highest BCUT2D eigenvalue weighted by molar-refractivity contribution is 5.95. The third-order valence-corrected chi connectivity index (χ3v) is 4.37. The highest BCUT2D eigenvalue weighted by atomic mass is 16.2. The van der Waals surface area contributed by atoms with Crippen LogP contribution in [0.25, 0.3) is 0 Å². The fourth-order valence-electron chi connectivity index (χ4n) is 2.98. The summed E-state index contributed by atoms with van der Waals surface area (Å²) in [5.41, 5.74) is 1.69. The maximum atomic E-state index is 12.2. The molecule has 1 aliphatic carbocycles. The van der Waals surface area contributed by atoms with Crippen molar-refractivity contribution in [2.75, 3.05) is 5.32 Å². The standard InChI is InChI=1S/C19H22N4O2/c1-13(24)14-6-5-9-16(10-14)22-18-12-20-17(11-21-18)19(25)23-15-7-3-2-4-8-15/h5-6,9-12,15H,2-4,7-8H2,1H3,(H,21,22)(H,23,25). The molecule has 0 radical (unpaired) electrons. The Morgan fingerprint density at radius 1 is 1.08 bits per heavy atom. The Bertz CT molecular complexity index is 752. The minimum Gasteiger partial charge on any atom is -0.348 e. The van der Waals surface area contributed by atoms with Gasteiger partial charge in [0.1, 0.15) is 11.5 Å². The zero-order valence-electron chi connectivity index (χ0n) is 14.3. The first kappa shape index (κ1) is 17.1. The van der Waals surface area contributed by atoms with E-state index in [9.17, 15) is 9.59 Å². The second-order valence-corrected chi connectivity index (χ2v) is 6.36. The summed E-state index contributed by atoms with van der Waals surface area (Å²) in [7, 11) is 0. The zero-order chi connectivity index (χ0) is 17.6. The summed E-state index contributed by atoms with van der Waals surface area (Å²) in [6, 6.07) is 7.41. The number of amides is 1. The lowest BCUT2D eigenvalue weighted by molar-refractivity contribution is 0.0921. The van der Waals surface area contributed by atoms with Crippen LogP contribution in [0, 0.1) is 0 Å². The van der Waals surface area contributed by atoms with Crippen molar-refractivity contribution in [1.29, 1.82) is 0 Å². The first-order valence-corrected chi connectivity index (χ1v) is 8.63. The molecule has 2 aromatic rings. The molecule has 6 nitrogen and oxygen atoms in total. The maximum absolute atomic E-state index is 12.2. The van der Waals surface area contributed by atoms with E-state index in [2.05, 4.69) is 20.6 Å². The SMILES string of the molecule is CC(=O)c1cccc(Nc2cnc(C(=O)NC3CCCCC3)cn2)c1. The Morgan fingerprint density at radius 2 is 1.88 bits per heavy atom. The molecule has 130 valence electrons. The monoisotopic (exact) mass is 338 g/mol. The Labute approximate surface area is 147 Å². The largest absolute Gasteiger partial charge is 0.348 e. The third-order valence-electron chi connectivity index (χ3n) is 4.37. The summed E-state index contributed by atoms with van der Waals surface area (Å²) in [5, 5.41) is 6.11. The minimum absolute atomic E-state index is 0.00414. The summed E-state index contributed by atoms with van der Waals surface area (Å²) in [5.74, 6) is 0.351. The minimum atomic E-state index is -0.176. The fourth-order valence-corrected chi connectivity index (χ4v) is 2.98. The second-order valence-electron chi connectivity index (χ2n) is 6.36. The average Bonchev–Trinajstić information content (AvgIpc) is 2.63. The van der Waals surface area contributed by atoms with E-state index >= 15 is 0 Å². The van der Waals surface area contributed by atoms with E-state index in [1.807, 2.05) is 6.07 Å². The molecule has 1 heterocycles. The molecule has 0 aliphatic heterocycles. The van der Waals surface area contributed by atoms with Gasteiger partial charge in [-0.15, -0.1) is 0 Å². The van der Waals surface area contributed by atoms with Gasteiger partial charge in [-0.25, -0.2) is 9.97 Å². The van der Waals surface area contributed by atoms with Crippen molar-refractivity contribution in [2.24, 2.45) is 0 Å². The van der Waals surface area contributed by atoms with E-state index in [0.717, 1.165) is 18.5 Å². The van der Waals surface area contributed by atoms with Crippen molar-refractivity contribution in [1.82, 2.24) is 15.3 Å². The van der Waals surface area contributed by atoms with Crippen LogP contribution >= 0.6 is 0 Å². The van der Waals surface area contributed by atoms with E-state index in [4.69, 9.17) is 0 Å². The van der Waals surface area contributed by atoms with Gasteiger partial charge in [0.05, 0.1) is 12.4 Å². The number of nitrogens with one attached hydrogen (secondary N) is 2. The molecule has 2 N–H and O–H groups in total. The predicted molar refractivity (Wildman–Crippen MR) is 96.1 cm³/mol. The number of carbonyl (C=O) groups is 2. The number of rotatable bonds is 5.